The van der Waals surface area contributed by atoms with Crippen molar-refractivity contribution in [2.75, 3.05) is 24.5 Å². The zero-order chi connectivity index (χ0) is 15.9. The molecule has 0 aliphatic rings. The van der Waals surface area contributed by atoms with Gasteiger partial charge in [-0.05, 0) is 25.6 Å². The van der Waals surface area contributed by atoms with Gasteiger partial charge < -0.3 is 10.2 Å². The average molecular weight is 322 g/mol. The van der Waals surface area contributed by atoms with Crippen molar-refractivity contribution in [3.05, 3.63) is 35.9 Å². The molecule has 0 atom stereocenters. The largest absolute Gasteiger partial charge is 0.316 e. The predicted octanol–water partition coefficient (Wildman–Crippen LogP) is 2.27. The fourth-order valence-corrected chi connectivity index (χ4v) is 2.37. The maximum absolute atomic E-state index is 12.3. The van der Waals surface area contributed by atoms with Gasteiger partial charge >= 0.3 is 0 Å². The van der Waals surface area contributed by atoms with E-state index in [1.165, 1.54) is 0 Å². The number of hydrogen-bond acceptors (Lipinski definition) is 4. The summed E-state index contributed by atoms with van der Waals surface area (Å²) in [5, 5.41) is 7.71. The van der Waals surface area contributed by atoms with Gasteiger partial charge in [0, 0.05) is 25.7 Å². The number of amides is 1. The third-order valence-electron chi connectivity index (χ3n) is 3.24. The standard InChI is InChI=1S/C15H20ClN5O/c1-3-17-9-7-14(22)20(4-2)13-11-21(19-15(13)16)12-6-5-8-18-10-12/h5-6,8,10-11,17H,3-4,7,9H2,1-2H3. The van der Waals surface area contributed by atoms with Gasteiger partial charge in [-0.25, -0.2) is 4.68 Å². The minimum Gasteiger partial charge on any atom is -0.316 e. The van der Waals surface area contributed by atoms with E-state index in [2.05, 4.69) is 15.4 Å². The van der Waals surface area contributed by atoms with Gasteiger partial charge in [-0.1, -0.05) is 18.5 Å². The summed E-state index contributed by atoms with van der Waals surface area (Å²) in [5.41, 5.74) is 1.42. The van der Waals surface area contributed by atoms with Crippen LogP contribution in [-0.4, -0.2) is 40.3 Å². The molecule has 0 bridgehead atoms. The van der Waals surface area contributed by atoms with Crippen LogP contribution in [0.25, 0.3) is 5.69 Å². The maximum Gasteiger partial charge on any atom is 0.228 e. The second-order valence-electron chi connectivity index (χ2n) is 4.70. The molecule has 2 heterocycles. The van der Waals surface area contributed by atoms with Gasteiger partial charge in [0.05, 0.1) is 18.1 Å². The Hall–Kier alpha value is -1.92. The molecule has 6 nitrogen and oxygen atoms in total. The van der Waals surface area contributed by atoms with Gasteiger partial charge in [0.2, 0.25) is 5.91 Å². The Labute approximate surface area is 135 Å². The first-order chi connectivity index (χ1) is 10.7. The Bertz CT molecular complexity index is 614. The van der Waals surface area contributed by atoms with Gasteiger partial charge in [-0.2, -0.15) is 5.10 Å². The number of anilines is 1. The van der Waals surface area contributed by atoms with Crippen molar-refractivity contribution in [1.82, 2.24) is 20.1 Å². The summed E-state index contributed by atoms with van der Waals surface area (Å²) < 4.78 is 1.63. The first-order valence-corrected chi connectivity index (χ1v) is 7.71. The lowest BCUT2D eigenvalue weighted by atomic mass is 10.3. The van der Waals surface area contributed by atoms with Crippen molar-refractivity contribution in [2.24, 2.45) is 0 Å². The Balaban J connectivity index is 2.19. The Kier molecular flexibility index (Phi) is 5.91. The van der Waals surface area contributed by atoms with Crippen LogP contribution in [-0.2, 0) is 4.79 Å². The molecule has 7 heteroatoms. The third kappa shape index (κ3) is 3.84. The second-order valence-corrected chi connectivity index (χ2v) is 5.06. The third-order valence-corrected chi connectivity index (χ3v) is 3.50. The number of aromatic nitrogens is 3. The lowest BCUT2D eigenvalue weighted by Crippen LogP contribution is -2.33. The normalized spacial score (nSPS) is 10.7. The summed E-state index contributed by atoms with van der Waals surface area (Å²) in [6.07, 6.45) is 5.57. The quantitative estimate of drug-likeness (QED) is 0.795. The van der Waals surface area contributed by atoms with Crippen molar-refractivity contribution in [3.63, 3.8) is 0 Å². The Morgan fingerprint density at radius 1 is 1.45 bits per heavy atom. The molecular weight excluding hydrogens is 302 g/mol. The predicted molar refractivity (Wildman–Crippen MR) is 87.6 cm³/mol. The molecule has 0 saturated heterocycles. The van der Waals surface area contributed by atoms with E-state index in [9.17, 15) is 4.79 Å². The molecule has 22 heavy (non-hydrogen) atoms. The molecule has 1 N–H and O–H groups in total. The number of nitrogens with zero attached hydrogens (tertiary/aromatic N) is 4. The molecule has 1 amide bonds. The first-order valence-electron chi connectivity index (χ1n) is 7.34. The topological polar surface area (TPSA) is 63.1 Å². The summed E-state index contributed by atoms with van der Waals surface area (Å²) in [6, 6.07) is 3.70. The van der Waals surface area contributed by atoms with Crippen LogP contribution >= 0.6 is 11.6 Å². The van der Waals surface area contributed by atoms with E-state index in [1.54, 1.807) is 28.2 Å². The van der Waals surface area contributed by atoms with E-state index in [1.807, 2.05) is 26.0 Å². The summed E-state index contributed by atoms with van der Waals surface area (Å²) in [7, 11) is 0. The van der Waals surface area contributed by atoms with Crippen molar-refractivity contribution in [3.8, 4) is 5.69 Å². The fraction of sp³-hybridized carbons (Fsp3) is 0.400. The molecule has 2 aromatic rings. The number of halogens is 1. The van der Waals surface area contributed by atoms with E-state index in [4.69, 9.17) is 11.6 Å². The Morgan fingerprint density at radius 3 is 2.91 bits per heavy atom. The molecule has 2 rings (SSSR count). The molecule has 118 valence electrons. The molecule has 2 aromatic heterocycles. The summed E-state index contributed by atoms with van der Waals surface area (Å²) >= 11 is 6.21. The molecule has 0 saturated carbocycles. The van der Waals surface area contributed by atoms with Gasteiger partial charge in [-0.3, -0.25) is 9.78 Å². The van der Waals surface area contributed by atoms with Gasteiger partial charge in [-0.15, -0.1) is 0 Å². The number of pyridine rings is 1. The van der Waals surface area contributed by atoms with Crippen molar-refractivity contribution in [2.45, 2.75) is 20.3 Å². The zero-order valence-electron chi connectivity index (χ0n) is 12.8. The summed E-state index contributed by atoms with van der Waals surface area (Å²) in [6.45, 7) is 5.97. The number of carbonyl (C=O) groups is 1. The maximum atomic E-state index is 12.3. The van der Waals surface area contributed by atoms with Crippen LogP contribution in [0.15, 0.2) is 30.7 Å². The van der Waals surface area contributed by atoms with Crippen LogP contribution in [0.4, 0.5) is 5.69 Å². The molecule has 0 fully saturated rings. The molecule has 0 aliphatic carbocycles. The molecule has 0 unspecified atom stereocenters. The highest BCUT2D eigenvalue weighted by Gasteiger charge is 2.19. The van der Waals surface area contributed by atoms with E-state index in [-0.39, 0.29) is 5.91 Å². The number of nitrogens with one attached hydrogen (secondary N) is 1. The average Bonchev–Trinajstić information content (AvgIpc) is 2.91. The molecule has 0 aliphatic heterocycles. The van der Waals surface area contributed by atoms with Crippen LogP contribution < -0.4 is 10.2 Å². The van der Waals surface area contributed by atoms with E-state index >= 15 is 0 Å². The summed E-state index contributed by atoms with van der Waals surface area (Å²) in [4.78, 5) is 18.0. The number of rotatable bonds is 7. The molecule has 0 radical (unpaired) electrons. The monoisotopic (exact) mass is 321 g/mol. The van der Waals surface area contributed by atoms with Crippen molar-refractivity contribution >= 4 is 23.2 Å². The highest BCUT2D eigenvalue weighted by molar-refractivity contribution is 6.32. The highest BCUT2D eigenvalue weighted by atomic mass is 35.5. The minimum atomic E-state index is 0.0242. The van der Waals surface area contributed by atoms with Crippen LogP contribution in [0, 0.1) is 0 Å². The van der Waals surface area contributed by atoms with E-state index in [0.717, 1.165) is 12.2 Å². The van der Waals surface area contributed by atoms with Crippen LogP contribution in [0.5, 0.6) is 0 Å². The SMILES string of the molecule is CCNCCC(=O)N(CC)c1cn(-c2cccnc2)nc1Cl. The van der Waals surface area contributed by atoms with Gasteiger partial charge in [0.1, 0.15) is 5.69 Å². The smallest absolute Gasteiger partial charge is 0.228 e. The first kappa shape index (κ1) is 16.5. The van der Waals surface area contributed by atoms with Crippen molar-refractivity contribution < 1.29 is 4.79 Å². The van der Waals surface area contributed by atoms with Gasteiger partial charge in [0.15, 0.2) is 5.15 Å². The number of carbonyl (C=O) groups excluding carboxylic acids is 1. The fourth-order valence-electron chi connectivity index (χ4n) is 2.13. The van der Waals surface area contributed by atoms with Crippen LogP contribution in [0.1, 0.15) is 20.3 Å². The second kappa shape index (κ2) is 7.91. The lowest BCUT2D eigenvalue weighted by Gasteiger charge is -2.19. The van der Waals surface area contributed by atoms with Crippen LogP contribution in [0.3, 0.4) is 0 Å². The van der Waals surface area contributed by atoms with Crippen molar-refractivity contribution in [1.29, 1.82) is 0 Å². The zero-order valence-corrected chi connectivity index (χ0v) is 13.5. The Morgan fingerprint density at radius 2 is 2.27 bits per heavy atom. The minimum absolute atomic E-state index is 0.0242. The van der Waals surface area contributed by atoms with Gasteiger partial charge in [0.25, 0.3) is 0 Å². The van der Waals surface area contributed by atoms with Crippen LogP contribution in [0.2, 0.25) is 5.15 Å². The lowest BCUT2D eigenvalue weighted by molar-refractivity contribution is -0.118. The highest BCUT2D eigenvalue weighted by Crippen LogP contribution is 2.26. The number of hydrogen-bond donors (Lipinski definition) is 1. The van der Waals surface area contributed by atoms with E-state index < -0.39 is 0 Å². The summed E-state index contributed by atoms with van der Waals surface area (Å²) in [5.74, 6) is 0.0242. The van der Waals surface area contributed by atoms with E-state index in [0.29, 0.717) is 30.4 Å². The molecular formula is C15H20ClN5O. The molecule has 0 spiro atoms. The molecule has 0 aromatic carbocycles.